The van der Waals surface area contributed by atoms with Gasteiger partial charge in [-0.25, -0.2) is 9.59 Å². The smallest absolute Gasteiger partial charge is 0.335 e. The van der Waals surface area contributed by atoms with E-state index in [0.717, 1.165) is 51.4 Å². The van der Waals surface area contributed by atoms with Crippen molar-refractivity contribution < 1.29 is 34.1 Å². The molecule has 0 heterocycles. The molecule has 1 aromatic rings. The van der Waals surface area contributed by atoms with E-state index < -0.39 is 18.0 Å². The van der Waals surface area contributed by atoms with Crippen LogP contribution in [0.5, 0.6) is 5.75 Å². The molecule has 1 amide bonds. The highest BCUT2D eigenvalue weighted by Crippen LogP contribution is 2.14. The Bertz CT molecular complexity index is 688. The van der Waals surface area contributed by atoms with Gasteiger partial charge in [0.25, 0.3) is 0 Å². The summed E-state index contributed by atoms with van der Waals surface area (Å²) < 4.78 is 5.60. The first-order valence-electron chi connectivity index (χ1n) is 10.9. The molecule has 0 fully saturated rings. The molecule has 0 saturated heterocycles. The van der Waals surface area contributed by atoms with Gasteiger partial charge in [0.05, 0.1) is 12.2 Å². The number of hydrogen-bond donors (Lipinski definition) is 3. The molecule has 1 rings (SSSR count). The fourth-order valence-corrected chi connectivity index (χ4v) is 3.09. The number of amides is 1. The number of benzene rings is 1. The molecule has 0 radical (unpaired) electrons. The molecule has 31 heavy (non-hydrogen) atoms. The Hall–Kier alpha value is -2.90. The molecular weight excluding hydrogens is 402 g/mol. The third kappa shape index (κ3) is 12.4. The number of carboxylic acid groups (broad SMARTS) is 2. The van der Waals surface area contributed by atoms with Crippen LogP contribution in [0.3, 0.4) is 0 Å². The second-order valence-corrected chi connectivity index (χ2v) is 7.46. The molecule has 0 aliphatic rings. The summed E-state index contributed by atoms with van der Waals surface area (Å²) in [7, 11) is 0. The van der Waals surface area contributed by atoms with Crippen LogP contribution in [0.1, 0.15) is 81.0 Å². The van der Waals surface area contributed by atoms with Crippen LogP contribution < -0.4 is 10.1 Å². The van der Waals surface area contributed by atoms with E-state index in [0.29, 0.717) is 25.1 Å². The van der Waals surface area contributed by atoms with Crippen molar-refractivity contribution >= 4 is 24.1 Å². The van der Waals surface area contributed by atoms with Gasteiger partial charge in [0.15, 0.2) is 0 Å². The molecule has 0 saturated carbocycles. The van der Waals surface area contributed by atoms with Crippen molar-refractivity contribution in [3.05, 3.63) is 29.8 Å². The summed E-state index contributed by atoms with van der Waals surface area (Å²) in [6.45, 7) is 0.603. The van der Waals surface area contributed by atoms with E-state index in [2.05, 4.69) is 5.32 Å². The number of rotatable bonds is 18. The Morgan fingerprint density at radius 1 is 0.903 bits per heavy atom. The second-order valence-electron chi connectivity index (χ2n) is 7.46. The van der Waals surface area contributed by atoms with E-state index >= 15 is 0 Å². The summed E-state index contributed by atoms with van der Waals surface area (Å²) in [6.07, 6.45) is 9.19. The standard InChI is InChI=1S/C23H33NO7/c25-16-9-10-20(23(29)30)24-21(26)11-7-5-3-1-2-4-6-8-17-31-19-14-12-18(13-15-19)22(27)28/h12-16,20H,1-11,17H2,(H,24,26)(H,27,28)(H,29,30)/t20-/m0/s1. The number of carbonyl (C=O) groups is 4. The van der Waals surface area contributed by atoms with E-state index in [1.54, 1.807) is 12.1 Å². The van der Waals surface area contributed by atoms with E-state index in [9.17, 15) is 19.2 Å². The second kappa shape index (κ2) is 15.9. The number of ether oxygens (including phenoxy) is 1. The van der Waals surface area contributed by atoms with Gasteiger partial charge in [-0.05, 0) is 43.5 Å². The van der Waals surface area contributed by atoms with Gasteiger partial charge in [-0.15, -0.1) is 0 Å². The van der Waals surface area contributed by atoms with Gasteiger partial charge in [-0.1, -0.05) is 38.5 Å². The number of aliphatic carboxylic acids is 1. The molecule has 172 valence electrons. The molecule has 1 atom stereocenters. The van der Waals surface area contributed by atoms with Crippen LogP contribution in [0.15, 0.2) is 24.3 Å². The zero-order valence-corrected chi connectivity index (χ0v) is 17.9. The predicted octanol–water partition coefficient (Wildman–Crippen LogP) is 3.82. The summed E-state index contributed by atoms with van der Waals surface area (Å²) in [5, 5.41) is 20.3. The highest BCUT2D eigenvalue weighted by molar-refractivity contribution is 5.87. The number of unbranched alkanes of at least 4 members (excludes halogenated alkanes) is 7. The highest BCUT2D eigenvalue weighted by atomic mass is 16.5. The van der Waals surface area contributed by atoms with Crippen LogP contribution >= 0.6 is 0 Å². The van der Waals surface area contributed by atoms with Crippen molar-refractivity contribution in [2.45, 2.75) is 76.7 Å². The fraction of sp³-hybridized carbons (Fsp3) is 0.565. The summed E-state index contributed by atoms with van der Waals surface area (Å²) in [6, 6.07) is 5.39. The number of carboxylic acids is 2. The van der Waals surface area contributed by atoms with Crippen LogP contribution in [0.25, 0.3) is 0 Å². The maximum atomic E-state index is 11.8. The molecule has 0 aliphatic carbocycles. The zero-order valence-electron chi connectivity index (χ0n) is 17.9. The van der Waals surface area contributed by atoms with Crippen LogP contribution in [0, 0.1) is 0 Å². The van der Waals surface area contributed by atoms with E-state index in [1.807, 2.05) is 0 Å². The minimum absolute atomic E-state index is 0.114. The Morgan fingerprint density at radius 3 is 2.03 bits per heavy atom. The first-order valence-corrected chi connectivity index (χ1v) is 10.9. The molecule has 3 N–H and O–H groups in total. The summed E-state index contributed by atoms with van der Waals surface area (Å²) >= 11 is 0. The number of carbonyl (C=O) groups excluding carboxylic acids is 2. The van der Waals surface area contributed by atoms with Crippen molar-refractivity contribution in [2.75, 3.05) is 6.61 Å². The van der Waals surface area contributed by atoms with Crippen LogP contribution in [-0.2, 0) is 14.4 Å². The molecular formula is C23H33NO7. The molecule has 0 unspecified atom stereocenters. The third-order valence-electron chi connectivity index (χ3n) is 4.87. The van der Waals surface area contributed by atoms with Crippen molar-refractivity contribution in [2.24, 2.45) is 0 Å². The minimum atomic E-state index is -1.11. The minimum Gasteiger partial charge on any atom is -0.494 e. The Morgan fingerprint density at radius 2 is 1.48 bits per heavy atom. The Labute approximate surface area is 183 Å². The van der Waals surface area contributed by atoms with Crippen LogP contribution in [-0.4, -0.2) is 47.0 Å². The zero-order chi connectivity index (χ0) is 22.9. The lowest BCUT2D eigenvalue weighted by Gasteiger charge is -2.13. The number of aldehydes is 1. The fourth-order valence-electron chi connectivity index (χ4n) is 3.09. The van der Waals surface area contributed by atoms with Gasteiger partial charge < -0.3 is 25.1 Å². The third-order valence-corrected chi connectivity index (χ3v) is 4.87. The van der Waals surface area contributed by atoms with Crippen molar-refractivity contribution in [3.63, 3.8) is 0 Å². The first kappa shape index (κ1) is 26.1. The van der Waals surface area contributed by atoms with Crippen molar-refractivity contribution in [3.8, 4) is 5.75 Å². The topological polar surface area (TPSA) is 130 Å². The van der Waals surface area contributed by atoms with Gasteiger partial charge in [0, 0.05) is 12.8 Å². The Kier molecular flexibility index (Phi) is 13.4. The Balaban J connectivity index is 1.97. The molecule has 0 aliphatic heterocycles. The maximum Gasteiger partial charge on any atom is 0.335 e. The molecule has 8 heteroatoms. The van der Waals surface area contributed by atoms with Gasteiger partial charge >= 0.3 is 11.9 Å². The van der Waals surface area contributed by atoms with Crippen molar-refractivity contribution in [1.82, 2.24) is 5.32 Å². The SMILES string of the molecule is O=CCC[C@H](NC(=O)CCCCCCCCCCOc1ccc(C(=O)O)cc1)C(=O)O. The monoisotopic (exact) mass is 435 g/mol. The van der Waals surface area contributed by atoms with Gasteiger partial charge in [0.2, 0.25) is 5.91 Å². The van der Waals surface area contributed by atoms with Crippen molar-refractivity contribution in [1.29, 1.82) is 0 Å². The largest absolute Gasteiger partial charge is 0.494 e. The van der Waals surface area contributed by atoms with Gasteiger partial charge in [-0.2, -0.15) is 0 Å². The molecule has 0 aromatic heterocycles. The van der Waals surface area contributed by atoms with E-state index in [1.165, 1.54) is 12.1 Å². The first-order chi connectivity index (χ1) is 14.9. The number of hydrogen-bond acceptors (Lipinski definition) is 5. The molecule has 0 bridgehead atoms. The van der Waals surface area contributed by atoms with Crippen LogP contribution in [0.2, 0.25) is 0 Å². The van der Waals surface area contributed by atoms with Gasteiger partial charge in [0.1, 0.15) is 18.1 Å². The highest BCUT2D eigenvalue weighted by Gasteiger charge is 2.18. The number of nitrogens with one attached hydrogen (secondary N) is 1. The number of aromatic carboxylic acids is 1. The average molecular weight is 436 g/mol. The lowest BCUT2D eigenvalue weighted by molar-refractivity contribution is -0.142. The van der Waals surface area contributed by atoms with E-state index in [4.69, 9.17) is 14.9 Å². The lowest BCUT2D eigenvalue weighted by atomic mass is 10.1. The summed E-state index contributed by atoms with van der Waals surface area (Å²) in [4.78, 5) is 44.0. The summed E-state index contributed by atoms with van der Waals surface area (Å²) in [5.74, 6) is -1.67. The maximum absolute atomic E-state index is 11.8. The molecule has 8 nitrogen and oxygen atoms in total. The quantitative estimate of drug-likeness (QED) is 0.236. The summed E-state index contributed by atoms with van der Waals surface area (Å²) in [5.41, 5.74) is 0.243. The predicted molar refractivity (Wildman–Crippen MR) is 115 cm³/mol. The van der Waals surface area contributed by atoms with E-state index in [-0.39, 0.29) is 24.3 Å². The van der Waals surface area contributed by atoms with Gasteiger partial charge in [-0.3, -0.25) is 4.79 Å². The molecule has 1 aromatic carbocycles. The van der Waals surface area contributed by atoms with Crippen LogP contribution in [0.4, 0.5) is 0 Å². The lowest BCUT2D eigenvalue weighted by Crippen LogP contribution is -2.40. The average Bonchev–Trinajstić information content (AvgIpc) is 2.75. The normalized spacial score (nSPS) is 11.5. The molecule has 0 spiro atoms.